The summed E-state index contributed by atoms with van der Waals surface area (Å²) in [6.07, 6.45) is 0. The molecule has 3 rings (SSSR count). The first kappa shape index (κ1) is 14.4. The molecule has 0 aromatic heterocycles. The van der Waals surface area contributed by atoms with Crippen LogP contribution in [0.1, 0.15) is 12.5 Å². The second kappa shape index (κ2) is 6.52. The van der Waals surface area contributed by atoms with Gasteiger partial charge in [-0.3, -0.25) is 0 Å². The van der Waals surface area contributed by atoms with Gasteiger partial charge in [0.25, 0.3) is 0 Å². The molecule has 1 aliphatic rings. The third-order valence-electron chi connectivity index (χ3n) is 4.20. The third-order valence-corrected chi connectivity index (χ3v) is 4.20. The maximum absolute atomic E-state index is 8.82. The van der Waals surface area contributed by atoms with Gasteiger partial charge in [-0.15, -0.1) is 0 Å². The van der Waals surface area contributed by atoms with Crippen LogP contribution in [0, 0.1) is 0 Å². The van der Waals surface area contributed by atoms with E-state index in [4.69, 9.17) is 5.21 Å². The van der Waals surface area contributed by atoms with Gasteiger partial charge in [-0.25, -0.2) is 0 Å². The molecule has 4 nitrogen and oxygen atoms in total. The minimum absolute atomic E-state index is 0.639. The van der Waals surface area contributed by atoms with E-state index in [0.29, 0.717) is 5.71 Å². The summed E-state index contributed by atoms with van der Waals surface area (Å²) in [7, 11) is 0. The number of hydrogen-bond donors (Lipinski definition) is 1. The molecule has 2 aromatic carbocycles. The molecule has 1 saturated heterocycles. The molecule has 1 aliphatic heterocycles. The van der Waals surface area contributed by atoms with Crippen LogP contribution >= 0.6 is 0 Å². The van der Waals surface area contributed by atoms with Crippen molar-refractivity contribution in [3.63, 3.8) is 0 Å². The van der Waals surface area contributed by atoms with E-state index < -0.39 is 0 Å². The molecule has 0 atom stereocenters. The zero-order chi connectivity index (χ0) is 15.4. The Hall–Kier alpha value is -2.49. The highest BCUT2D eigenvalue weighted by atomic mass is 16.4. The van der Waals surface area contributed by atoms with Crippen LogP contribution in [0.4, 0.5) is 11.4 Å². The lowest BCUT2D eigenvalue weighted by Gasteiger charge is -2.37. The summed E-state index contributed by atoms with van der Waals surface area (Å²) in [5.74, 6) is 0. The minimum Gasteiger partial charge on any atom is -0.411 e. The van der Waals surface area contributed by atoms with Crippen LogP contribution in [0.5, 0.6) is 0 Å². The summed E-state index contributed by atoms with van der Waals surface area (Å²) in [6.45, 7) is 5.89. The molecule has 0 radical (unpaired) electrons. The van der Waals surface area contributed by atoms with Crippen molar-refractivity contribution in [2.24, 2.45) is 5.16 Å². The summed E-state index contributed by atoms with van der Waals surface area (Å²) < 4.78 is 0. The van der Waals surface area contributed by atoms with E-state index in [1.165, 1.54) is 11.4 Å². The largest absolute Gasteiger partial charge is 0.411 e. The van der Waals surface area contributed by atoms with Gasteiger partial charge in [0.2, 0.25) is 0 Å². The number of benzene rings is 2. The number of para-hydroxylation sites is 1. The van der Waals surface area contributed by atoms with E-state index in [9.17, 15) is 0 Å². The van der Waals surface area contributed by atoms with Gasteiger partial charge in [0, 0.05) is 37.6 Å². The lowest BCUT2D eigenvalue weighted by Crippen LogP contribution is -2.46. The van der Waals surface area contributed by atoms with Crippen molar-refractivity contribution in [2.75, 3.05) is 36.0 Å². The Balaban J connectivity index is 1.64. The predicted octanol–water partition coefficient (Wildman–Crippen LogP) is 3.21. The van der Waals surface area contributed by atoms with E-state index in [-0.39, 0.29) is 0 Å². The maximum atomic E-state index is 8.82. The van der Waals surface area contributed by atoms with Crippen molar-refractivity contribution in [1.82, 2.24) is 0 Å². The molecule has 2 aromatic rings. The fourth-order valence-corrected chi connectivity index (χ4v) is 2.83. The highest BCUT2D eigenvalue weighted by molar-refractivity contribution is 5.98. The SMILES string of the molecule is C/C(=N/O)c1ccc(N2CCN(c3ccccc3)CC2)cc1. The van der Waals surface area contributed by atoms with E-state index in [1.54, 1.807) is 6.92 Å². The Kier molecular flexibility index (Phi) is 4.28. The topological polar surface area (TPSA) is 39.1 Å². The monoisotopic (exact) mass is 295 g/mol. The van der Waals surface area contributed by atoms with Gasteiger partial charge in [0.05, 0.1) is 5.71 Å². The number of hydrogen-bond acceptors (Lipinski definition) is 4. The van der Waals surface area contributed by atoms with E-state index in [2.05, 4.69) is 57.4 Å². The lowest BCUT2D eigenvalue weighted by atomic mass is 10.1. The number of rotatable bonds is 3. The summed E-state index contributed by atoms with van der Waals surface area (Å²) >= 11 is 0. The van der Waals surface area contributed by atoms with Crippen molar-refractivity contribution in [3.8, 4) is 0 Å². The zero-order valence-electron chi connectivity index (χ0n) is 12.8. The minimum atomic E-state index is 0.639. The van der Waals surface area contributed by atoms with Crippen LogP contribution in [0.2, 0.25) is 0 Å². The highest BCUT2D eigenvalue weighted by Gasteiger charge is 2.17. The third kappa shape index (κ3) is 3.06. The quantitative estimate of drug-likeness (QED) is 0.537. The number of anilines is 2. The van der Waals surface area contributed by atoms with E-state index >= 15 is 0 Å². The van der Waals surface area contributed by atoms with Gasteiger partial charge in [-0.2, -0.15) is 0 Å². The van der Waals surface area contributed by atoms with E-state index in [0.717, 1.165) is 31.7 Å². The average Bonchev–Trinajstić information content (AvgIpc) is 2.62. The Labute approximate surface area is 131 Å². The van der Waals surface area contributed by atoms with Crippen LogP contribution < -0.4 is 9.80 Å². The first-order valence-corrected chi connectivity index (χ1v) is 7.62. The summed E-state index contributed by atoms with van der Waals surface area (Å²) in [5, 5.41) is 12.1. The van der Waals surface area contributed by atoms with E-state index in [1.807, 2.05) is 12.1 Å². The molecule has 1 fully saturated rings. The maximum Gasteiger partial charge on any atom is 0.0836 e. The number of piperazine rings is 1. The van der Waals surface area contributed by atoms with Crippen LogP contribution in [-0.4, -0.2) is 37.1 Å². The Morgan fingerprint density at radius 2 is 1.32 bits per heavy atom. The van der Waals surface area contributed by atoms with Crippen molar-refractivity contribution in [1.29, 1.82) is 0 Å². The molecule has 0 amide bonds. The second-order valence-corrected chi connectivity index (χ2v) is 5.54. The van der Waals surface area contributed by atoms with Crippen molar-refractivity contribution in [2.45, 2.75) is 6.92 Å². The molecular formula is C18H21N3O. The molecule has 114 valence electrons. The Morgan fingerprint density at radius 3 is 1.82 bits per heavy atom. The van der Waals surface area contributed by atoms with Gasteiger partial charge in [-0.1, -0.05) is 35.5 Å². The lowest BCUT2D eigenvalue weighted by molar-refractivity contribution is 0.319. The predicted molar refractivity (Wildman–Crippen MR) is 91.3 cm³/mol. The standard InChI is InChI=1S/C18H21N3O/c1-15(19-22)16-7-9-18(10-8-16)21-13-11-20(12-14-21)17-5-3-2-4-6-17/h2-10,22H,11-14H2,1H3/b19-15-. The zero-order valence-corrected chi connectivity index (χ0v) is 12.8. The van der Waals surface area contributed by atoms with Crippen molar-refractivity contribution >= 4 is 17.1 Å². The molecular weight excluding hydrogens is 274 g/mol. The normalized spacial score (nSPS) is 16.0. The average molecular weight is 295 g/mol. The molecule has 0 aliphatic carbocycles. The fourth-order valence-electron chi connectivity index (χ4n) is 2.83. The smallest absolute Gasteiger partial charge is 0.0836 e. The first-order chi connectivity index (χ1) is 10.8. The Bertz CT molecular complexity index is 629. The molecule has 0 spiro atoms. The molecule has 0 bridgehead atoms. The van der Waals surface area contributed by atoms with Crippen molar-refractivity contribution < 1.29 is 5.21 Å². The van der Waals surface area contributed by atoms with Crippen LogP contribution in [-0.2, 0) is 0 Å². The molecule has 4 heteroatoms. The molecule has 1 heterocycles. The van der Waals surface area contributed by atoms with Gasteiger partial charge in [0.15, 0.2) is 0 Å². The number of oxime groups is 1. The van der Waals surface area contributed by atoms with Gasteiger partial charge >= 0.3 is 0 Å². The van der Waals surface area contributed by atoms with Crippen LogP contribution in [0.3, 0.4) is 0 Å². The summed E-state index contributed by atoms with van der Waals surface area (Å²) in [6, 6.07) is 18.8. The van der Waals surface area contributed by atoms with Gasteiger partial charge in [0.1, 0.15) is 0 Å². The second-order valence-electron chi connectivity index (χ2n) is 5.54. The molecule has 0 saturated carbocycles. The number of nitrogens with zero attached hydrogens (tertiary/aromatic N) is 3. The summed E-state index contributed by atoms with van der Waals surface area (Å²) in [5.41, 5.74) is 4.11. The highest BCUT2D eigenvalue weighted by Crippen LogP contribution is 2.21. The molecule has 22 heavy (non-hydrogen) atoms. The van der Waals surface area contributed by atoms with Crippen LogP contribution in [0.15, 0.2) is 59.8 Å². The first-order valence-electron chi connectivity index (χ1n) is 7.62. The summed E-state index contributed by atoms with van der Waals surface area (Å²) in [4.78, 5) is 4.82. The fraction of sp³-hybridized carbons (Fsp3) is 0.278. The molecule has 0 unspecified atom stereocenters. The van der Waals surface area contributed by atoms with Crippen molar-refractivity contribution in [3.05, 3.63) is 60.2 Å². The molecule has 1 N–H and O–H groups in total. The van der Waals surface area contributed by atoms with Crippen LogP contribution in [0.25, 0.3) is 0 Å². The van der Waals surface area contributed by atoms with Gasteiger partial charge < -0.3 is 15.0 Å². The van der Waals surface area contributed by atoms with Gasteiger partial charge in [-0.05, 0) is 36.8 Å². The Morgan fingerprint density at radius 1 is 0.818 bits per heavy atom.